The molecule has 0 bridgehead atoms. The highest BCUT2D eigenvalue weighted by atomic mass is 32.2. The molecule has 5 N–H and O–H groups in total. The fourth-order valence-electron chi connectivity index (χ4n) is 6.60. The Morgan fingerprint density at radius 1 is 0.317 bits per heavy atom. The van der Waals surface area contributed by atoms with Crippen LogP contribution in [0.5, 0.6) is 11.5 Å². The van der Waals surface area contributed by atoms with Gasteiger partial charge >= 0.3 is 0 Å². The van der Waals surface area contributed by atoms with Crippen LogP contribution in [0.2, 0.25) is 0 Å². The van der Waals surface area contributed by atoms with E-state index in [1.54, 1.807) is 54.6 Å². The quantitative estimate of drug-likeness (QED) is 0.0672. The number of phenols is 2. The number of phenolic OH excluding ortho intramolecular Hbond substituents is 2. The number of azo groups is 3. The minimum atomic E-state index is -4.76. The first-order valence-corrected chi connectivity index (χ1v) is 21.6. The largest absolute Gasteiger partial charge is 0.505 e. The van der Waals surface area contributed by atoms with Crippen molar-refractivity contribution in [1.82, 2.24) is 0 Å². The van der Waals surface area contributed by atoms with Crippen LogP contribution >= 0.6 is 0 Å². The molecule has 0 aromatic heterocycles. The monoisotopic (exact) mass is 862 g/mol. The Morgan fingerprint density at radius 2 is 0.633 bits per heavy atom. The molecule has 0 radical (unpaired) electrons. The second-order valence-corrected chi connectivity index (χ2v) is 17.3. The highest BCUT2D eigenvalue weighted by molar-refractivity contribution is 7.86. The first-order chi connectivity index (χ1) is 28.5. The van der Waals surface area contributed by atoms with Crippen molar-refractivity contribution in [2.75, 3.05) is 0 Å². The van der Waals surface area contributed by atoms with Gasteiger partial charge in [-0.3, -0.25) is 13.7 Å². The van der Waals surface area contributed by atoms with E-state index < -0.39 is 50.8 Å². The first-order valence-electron chi connectivity index (χ1n) is 17.2. The van der Waals surface area contributed by atoms with E-state index in [1.165, 1.54) is 48.5 Å². The van der Waals surface area contributed by atoms with Gasteiger partial charge in [-0.1, -0.05) is 78.9 Å². The van der Waals surface area contributed by atoms with Crippen LogP contribution in [0.4, 0.5) is 34.1 Å². The smallest absolute Gasteiger partial charge is 0.295 e. The molecule has 0 atom stereocenters. The molecule has 0 aliphatic rings. The standard InChI is InChI=1S/C40H26N6O11S3/c47-39-28-11-5-3-9-26(28)37(59(52,53)54)20-35(39)45-43-32-16-15-31(23-7-1-2-8-24(23)32)41-42-33-17-18-34(30-19-22(58(49,50)51)13-14-25(30)33)44-46-36-21-38(60(55,56)57)27-10-4-6-12-29(27)40(36)48/h1-21,47-48H,(H,49,50,51)(H,52,53,54)(H,55,56,57). The second-order valence-electron chi connectivity index (χ2n) is 13.1. The van der Waals surface area contributed by atoms with Crippen molar-refractivity contribution in [1.29, 1.82) is 0 Å². The van der Waals surface area contributed by atoms with E-state index >= 15 is 0 Å². The maximum absolute atomic E-state index is 12.2. The highest BCUT2D eigenvalue weighted by Gasteiger charge is 2.21. The van der Waals surface area contributed by atoms with Crippen LogP contribution < -0.4 is 0 Å². The van der Waals surface area contributed by atoms with E-state index in [-0.39, 0.29) is 55.4 Å². The molecule has 0 amide bonds. The molecule has 0 aliphatic carbocycles. The van der Waals surface area contributed by atoms with Gasteiger partial charge in [0.2, 0.25) is 0 Å². The lowest BCUT2D eigenvalue weighted by Gasteiger charge is -2.09. The summed E-state index contributed by atoms with van der Waals surface area (Å²) in [6, 6.07) is 30.5. The molecule has 8 rings (SSSR count). The Morgan fingerprint density at radius 3 is 1.00 bits per heavy atom. The SMILES string of the molecule is O=S(=O)(O)c1ccc2c(N=Nc3ccc(N=Nc4cc(S(=O)(=O)O)c5ccccc5c4O)c4ccccc34)ccc(N=Nc3cc(S(=O)(=O)O)c4ccccc4c3O)c2c1. The molecule has 8 aromatic carbocycles. The maximum Gasteiger partial charge on any atom is 0.295 e. The van der Waals surface area contributed by atoms with Crippen molar-refractivity contribution in [3.8, 4) is 11.5 Å². The van der Waals surface area contributed by atoms with Gasteiger partial charge in [0.05, 0.1) is 27.6 Å². The number of fused-ring (bicyclic) bond motifs is 4. The molecule has 0 saturated carbocycles. The van der Waals surface area contributed by atoms with E-state index in [0.29, 0.717) is 27.5 Å². The lowest BCUT2D eigenvalue weighted by atomic mass is 10.1. The number of rotatable bonds is 9. The summed E-state index contributed by atoms with van der Waals surface area (Å²) in [7, 11) is -14.2. The molecule has 0 unspecified atom stereocenters. The summed E-state index contributed by atoms with van der Waals surface area (Å²) in [4.78, 5) is -1.47. The van der Waals surface area contributed by atoms with Gasteiger partial charge in [0.15, 0.2) is 11.5 Å². The van der Waals surface area contributed by atoms with Crippen molar-refractivity contribution >= 4 is 108 Å². The third-order valence-electron chi connectivity index (χ3n) is 9.39. The lowest BCUT2D eigenvalue weighted by Crippen LogP contribution is -1.99. The van der Waals surface area contributed by atoms with Crippen LogP contribution in [-0.2, 0) is 30.4 Å². The summed E-state index contributed by atoms with van der Waals surface area (Å²) in [5.74, 6) is -0.786. The average molecular weight is 863 g/mol. The molecule has 60 heavy (non-hydrogen) atoms. The van der Waals surface area contributed by atoms with E-state index in [1.807, 2.05) is 0 Å². The molecular formula is C40H26N6O11S3. The Labute approximate surface area is 339 Å². The second kappa shape index (κ2) is 14.9. The topological polar surface area (TPSA) is 278 Å². The van der Waals surface area contributed by atoms with Crippen LogP contribution in [0.25, 0.3) is 43.1 Å². The summed E-state index contributed by atoms with van der Waals surface area (Å²) >= 11 is 0. The Balaban J connectivity index is 1.19. The van der Waals surface area contributed by atoms with Gasteiger partial charge in [-0.25, -0.2) is 0 Å². The first kappa shape index (κ1) is 39.7. The molecule has 300 valence electrons. The van der Waals surface area contributed by atoms with Gasteiger partial charge in [-0.15, -0.1) is 30.7 Å². The number of hydrogen-bond acceptors (Lipinski definition) is 14. The van der Waals surface area contributed by atoms with Gasteiger partial charge in [-0.05, 0) is 48.5 Å². The molecule has 8 aromatic rings. The highest BCUT2D eigenvalue weighted by Crippen LogP contribution is 2.43. The van der Waals surface area contributed by atoms with Crippen LogP contribution in [-0.4, -0.2) is 49.1 Å². The molecule has 0 saturated heterocycles. The molecule has 20 heteroatoms. The van der Waals surface area contributed by atoms with Crippen molar-refractivity contribution in [2.24, 2.45) is 30.7 Å². The van der Waals surface area contributed by atoms with E-state index in [0.717, 1.165) is 24.3 Å². The Bertz CT molecular complexity index is 3560. The predicted octanol–water partition coefficient (Wildman–Crippen LogP) is 10.7. The summed E-state index contributed by atoms with van der Waals surface area (Å²) < 4.78 is 103. The Hall–Kier alpha value is -7.07. The van der Waals surface area contributed by atoms with E-state index in [2.05, 4.69) is 30.7 Å². The molecule has 17 nitrogen and oxygen atoms in total. The fraction of sp³-hybridized carbons (Fsp3) is 0. The van der Waals surface area contributed by atoms with Crippen molar-refractivity contribution < 1.29 is 49.1 Å². The number of hydrogen-bond donors (Lipinski definition) is 5. The average Bonchev–Trinajstić information content (AvgIpc) is 3.21. The van der Waals surface area contributed by atoms with Crippen LogP contribution in [0.1, 0.15) is 0 Å². The lowest BCUT2D eigenvalue weighted by molar-refractivity contribution is 0.477. The summed E-state index contributed by atoms with van der Waals surface area (Å²) in [5, 5.41) is 49.2. The molecule has 0 fully saturated rings. The summed E-state index contributed by atoms with van der Waals surface area (Å²) in [5.41, 5.74) is 0.386. The van der Waals surface area contributed by atoms with Crippen LogP contribution in [0.3, 0.4) is 0 Å². The van der Waals surface area contributed by atoms with Gasteiger partial charge in [0.25, 0.3) is 30.4 Å². The van der Waals surface area contributed by atoms with Gasteiger partial charge in [0, 0.05) is 43.1 Å². The van der Waals surface area contributed by atoms with E-state index in [9.17, 15) is 49.1 Å². The van der Waals surface area contributed by atoms with Crippen molar-refractivity contribution in [3.05, 3.63) is 127 Å². The zero-order valence-electron chi connectivity index (χ0n) is 30.2. The fourth-order valence-corrected chi connectivity index (χ4v) is 8.54. The normalized spacial score (nSPS) is 12.9. The van der Waals surface area contributed by atoms with Gasteiger partial charge < -0.3 is 10.2 Å². The van der Waals surface area contributed by atoms with Crippen LogP contribution in [0.15, 0.2) is 173 Å². The van der Waals surface area contributed by atoms with Gasteiger partial charge in [-0.2, -0.15) is 25.3 Å². The summed E-state index contributed by atoms with van der Waals surface area (Å²) in [6.45, 7) is 0. The third-order valence-corrected chi connectivity index (χ3v) is 12.0. The molecular weight excluding hydrogens is 837 g/mol. The maximum atomic E-state index is 12.2. The molecule has 0 heterocycles. The number of benzene rings is 8. The minimum Gasteiger partial charge on any atom is -0.505 e. The van der Waals surface area contributed by atoms with Crippen LogP contribution in [0, 0.1) is 0 Å². The zero-order valence-corrected chi connectivity index (χ0v) is 32.7. The third kappa shape index (κ3) is 7.52. The van der Waals surface area contributed by atoms with Crippen molar-refractivity contribution in [2.45, 2.75) is 14.7 Å². The Kier molecular flexibility index (Phi) is 9.90. The van der Waals surface area contributed by atoms with Crippen molar-refractivity contribution in [3.63, 3.8) is 0 Å². The summed E-state index contributed by atoms with van der Waals surface area (Å²) in [6.07, 6.45) is 0. The molecule has 0 spiro atoms. The molecule has 0 aliphatic heterocycles. The number of aromatic hydroxyl groups is 2. The predicted molar refractivity (Wildman–Crippen MR) is 221 cm³/mol. The van der Waals surface area contributed by atoms with E-state index in [4.69, 9.17) is 0 Å². The minimum absolute atomic E-state index is 0.0248. The van der Waals surface area contributed by atoms with Gasteiger partial charge in [0.1, 0.15) is 21.2 Å². The zero-order chi connectivity index (χ0) is 42.6. The number of nitrogens with zero attached hydrogens (tertiary/aromatic N) is 6.